The monoisotopic (exact) mass is 448 g/mol. The molecule has 0 aliphatic rings. The third-order valence-corrected chi connectivity index (χ3v) is 3.31. The summed E-state index contributed by atoms with van der Waals surface area (Å²) in [6.45, 7) is 1.35. The van der Waals surface area contributed by atoms with Crippen LogP contribution in [0.15, 0.2) is 27.4 Å². The number of benzene rings is 1. The number of nitrogens with zero attached hydrogens (tertiary/aromatic N) is 1. The van der Waals surface area contributed by atoms with Gasteiger partial charge in [-0.3, -0.25) is 9.59 Å². The minimum atomic E-state index is -0.541. The van der Waals surface area contributed by atoms with Gasteiger partial charge in [0.1, 0.15) is 22.5 Å². The molecule has 0 unspecified atom stereocenters. The van der Waals surface area contributed by atoms with Gasteiger partial charge in [-0.15, -0.1) is 0 Å². The standard InChI is InChI=1S/C16H20N2O5.HI/c1-18(2,3)6-4-5-17-16(22)14-9-12(21)15-11(20)7-10(19)8-13(15)23-14;/h7-9H,4-6H2,1-3H3,(H2-,17,19,20,21,22);1H. The molecule has 1 amide bonds. The molecule has 0 bridgehead atoms. The molecule has 0 fully saturated rings. The van der Waals surface area contributed by atoms with E-state index in [1.165, 1.54) is 6.07 Å². The number of quaternary nitrogens is 1. The molecule has 0 radical (unpaired) electrons. The quantitative estimate of drug-likeness (QED) is 0.280. The smallest absolute Gasteiger partial charge is 0.287 e. The SMILES string of the molecule is C[N+](C)(C)CCCNC(=O)c1cc(=O)c2c(O)cc(O)cc2o1.[I-]. The van der Waals surface area contributed by atoms with Crippen molar-refractivity contribution in [3.63, 3.8) is 0 Å². The first-order valence-electron chi connectivity index (χ1n) is 7.26. The van der Waals surface area contributed by atoms with Crippen molar-refractivity contribution in [2.24, 2.45) is 0 Å². The van der Waals surface area contributed by atoms with Crippen molar-refractivity contribution in [1.29, 1.82) is 0 Å². The van der Waals surface area contributed by atoms with Gasteiger partial charge in [0.15, 0.2) is 11.2 Å². The maximum absolute atomic E-state index is 12.1. The molecule has 1 aromatic carbocycles. The first-order chi connectivity index (χ1) is 10.7. The van der Waals surface area contributed by atoms with E-state index in [-0.39, 0.29) is 52.2 Å². The minimum absolute atomic E-state index is 0. The lowest BCUT2D eigenvalue weighted by Crippen LogP contribution is -3.00. The second-order valence-electron chi connectivity index (χ2n) is 6.44. The second kappa shape index (κ2) is 7.84. The van der Waals surface area contributed by atoms with Crippen LogP contribution in [-0.2, 0) is 0 Å². The van der Waals surface area contributed by atoms with E-state index in [0.717, 1.165) is 29.6 Å². The number of nitrogens with one attached hydrogen (secondary N) is 1. The summed E-state index contributed by atoms with van der Waals surface area (Å²) in [5.74, 6) is -1.30. The minimum Gasteiger partial charge on any atom is -1.00 e. The number of halogens is 1. The molecule has 0 atom stereocenters. The summed E-state index contributed by atoms with van der Waals surface area (Å²) in [5, 5.41) is 21.8. The molecule has 1 heterocycles. The Kier molecular flexibility index (Phi) is 6.61. The van der Waals surface area contributed by atoms with Crippen LogP contribution in [0.2, 0.25) is 0 Å². The molecule has 0 aliphatic carbocycles. The Hall–Kier alpha value is -1.81. The summed E-state index contributed by atoms with van der Waals surface area (Å²) in [6.07, 6.45) is 0.786. The number of carbonyl (C=O) groups is 1. The molecule has 8 heteroatoms. The topological polar surface area (TPSA) is 99.8 Å². The summed E-state index contributed by atoms with van der Waals surface area (Å²) in [7, 11) is 6.18. The fourth-order valence-corrected chi connectivity index (χ4v) is 2.21. The van der Waals surface area contributed by atoms with Gasteiger partial charge in [0.25, 0.3) is 5.91 Å². The number of rotatable bonds is 5. The van der Waals surface area contributed by atoms with E-state index in [2.05, 4.69) is 26.5 Å². The van der Waals surface area contributed by atoms with Crippen LogP contribution in [-0.4, -0.2) is 54.8 Å². The summed E-state index contributed by atoms with van der Waals surface area (Å²) in [4.78, 5) is 24.1. The normalized spacial score (nSPS) is 11.1. The van der Waals surface area contributed by atoms with Gasteiger partial charge >= 0.3 is 0 Å². The lowest BCUT2D eigenvalue weighted by Gasteiger charge is -2.23. The molecule has 2 aromatic rings. The van der Waals surface area contributed by atoms with E-state index in [1.807, 2.05) is 0 Å². The summed E-state index contributed by atoms with van der Waals surface area (Å²) >= 11 is 0. The van der Waals surface area contributed by atoms with Crippen LogP contribution in [0.25, 0.3) is 11.0 Å². The zero-order valence-electron chi connectivity index (χ0n) is 13.8. The first-order valence-corrected chi connectivity index (χ1v) is 7.26. The Labute approximate surface area is 156 Å². The highest BCUT2D eigenvalue weighted by Gasteiger charge is 2.15. The number of hydrogen-bond acceptors (Lipinski definition) is 5. The fraction of sp³-hybridized carbons (Fsp3) is 0.375. The second-order valence-corrected chi connectivity index (χ2v) is 6.44. The van der Waals surface area contributed by atoms with Gasteiger partial charge in [0, 0.05) is 31.2 Å². The van der Waals surface area contributed by atoms with Crippen LogP contribution in [0.3, 0.4) is 0 Å². The molecule has 3 N–H and O–H groups in total. The molecule has 132 valence electrons. The van der Waals surface area contributed by atoms with Crippen LogP contribution in [0.5, 0.6) is 11.5 Å². The maximum Gasteiger partial charge on any atom is 0.287 e. The molecule has 0 aliphatic heterocycles. The fourth-order valence-electron chi connectivity index (χ4n) is 2.21. The predicted molar refractivity (Wildman–Crippen MR) is 85.7 cm³/mol. The Bertz CT molecular complexity index is 795. The first kappa shape index (κ1) is 20.2. The Morgan fingerprint density at radius 3 is 2.50 bits per heavy atom. The predicted octanol–water partition coefficient (Wildman–Crippen LogP) is -1.97. The van der Waals surface area contributed by atoms with E-state index in [1.54, 1.807) is 0 Å². The number of carbonyl (C=O) groups excluding carboxylic acids is 1. The molecule has 24 heavy (non-hydrogen) atoms. The molecule has 7 nitrogen and oxygen atoms in total. The van der Waals surface area contributed by atoms with Gasteiger partial charge in [-0.2, -0.15) is 0 Å². The highest BCUT2D eigenvalue weighted by molar-refractivity contribution is 5.94. The molecular formula is C16H21IN2O5. The number of phenolic OH excluding ortho intramolecular Hbond substituents is 2. The van der Waals surface area contributed by atoms with Gasteiger partial charge < -0.3 is 48.4 Å². The van der Waals surface area contributed by atoms with E-state index in [9.17, 15) is 19.8 Å². The van der Waals surface area contributed by atoms with Crippen LogP contribution in [0.4, 0.5) is 0 Å². The molecule has 0 saturated heterocycles. The van der Waals surface area contributed by atoms with Crippen LogP contribution >= 0.6 is 0 Å². The van der Waals surface area contributed by atoms with E-state index < -0.39 is 11.3 Å². The van der Waals surface area contributed by atoms with Crippen molar-refractivity contribution in [2.45, 2.75) is 6.42 Å². The number of fused-ring (bicyclic) bond motifs is 1. The summed E-state index contributed by atoms with van der Waals surface area (Å²) in [6, 6.07) is 3.27. The largest absolute Gasteiger partial charge is 1.00 e. The van der Waals surface area contributed by atoms with Gasteiger partial charge in [-0.25, -0.2) is 0 Å². The third kappa shape index (κ3) is 5.10. The van der Waals surface area contributed by atoms with Crippen molar-refractivity contribution < 1.29 is 47.9 Å². The summed E-state index contributed by atoms with van der Waals surface area (Å²) < 4.78 is 6.12. The van der Waals surface area contributed by atoms with E-state index in [0.29, 0.717) is 6.54 Å². The van der Waals surface area contributed by atoms with Gasteiger partial charge in [0.05, 0.1) is 27.7 Å². The Balaban J connectivity index is 0.00000288. The van der Waals surface area contributed by atoms with Gasteiger partial charge in [-0.1, -0.05) is 0 Å². The van der Waals surface area contributed by atoms with Crippen molar-refractivity contribution in [3.8, 4) is 11.5 Å². The van der Waals surface area contributed by atoms with E-state index in [4.69, 9.17) is 4.42 Å². The Morgan fingerprint density at radius 2 is 1.88 bits per heavy atom. The van der Waals surface area contributed by atoms with Crippen LogP contribution in [0, 0.1) is 0 Å². The molecule has 0 spiro atoms. The lowest BCUT2D eigenvalue weighted by atomic mass is 10.2. The van der Waals surface area contributed by atoms with E-state index >= 15 is 0 Å². The summed E-state index contributed by atoms with van der Waals surface area (Å²) in [5.41, 5.74) is -0.577. The number of hydrogen-bond donors (Lipinski definition) is 3. The number of aromatic hydroxyl groups is 2. The zero-order chi connectivity index (χ0) is 17.2. The molecular weight excluding hydrogens is 427 g/mol. The molecule has 0 saturated carbocycles. The van der Waals surface area contributed by atoms with Crippen molar-refractivity contribution >= 4 is 16.9 Å². The van der Waals surface area contributed by atoms with Crippen molar-refractivity contribution in [1.82, 2.24) is 5.32 Å². The Morgan fingerprint density at radius 1 is 1.21 bits per heavy atom. The van der Waals surface area contributed by atoms with Gasteiger partial charge in [0.2, 0.25) is 0 Å². The van der Waals surface area contributed by atoms with Crippen molar-refractivity contribution in [2.75, 3.05) is 34.2 Å². The zero-order valence-corrected chi connectivity index (χ0v) is 16.0. The molecule has 2 rings (SSSR count). The lowest BCUT2D eigenvalue weighted by molar-refractivity contribution is -0.870. The van der Waals surface area contributed by atoms with Crippen LogP contribution < -0.4 is 34.7 Å². The van der Waals surface area contributed by atoms with Crippen molar-refractivity contribution in [3.05, 3.63) is 34.2 Å². The van der Waals surface area contributed by atoms with Crippen LogP contribution in [0.1, 0.15) is 17.0 Å². The number of amides is 1. The number of phenols is 2. The van der Waals surface area contributed by atoms with Gasteiger partial charge in [-0.05, 0) is 0 Å². The third-order valence-electron chi connectivity index (χ3n) is 3.31. The maximum atomic E-state index is 12.1. The molecule has 1 aromatic heterocycles. The average molecular weight is 448 g/mol. The highest BCUT2D eigenvalue weighted by atomic mass is 127. The highest BCUT2D eigenvalue weighted by Crippen LogP contribution is 2.27. The average Bonchev–Trinajstić information content (AvgIpc) is 2.40.